The van der Waals surface area contributed by atoms with Gasteiger partial charge in [-0.2, -0.15) is 0 Å². The minimum absolute atomic E-state index is 0.795. The number of imidazole rings is 1. The van der Waals surface area contributed by atoms with Gasteiger partial charge in [-0.15, -0.1) is 0 Å². The number of nitrogen functional groups attached to an aromatic ring is 1. The molecule has 0 bridgehead atoms. The van der Waals surface area contributed by atoms with Crippen LogP contribution >= 0.6 is 0 Å². The average Bonchev–Trinajstić information content (AvgIpc) is 2.97. The van der Waals surface area contributed by atoms with E-state index in [1.807, 2.05) is 30.5 Å². The van der Waals surface area contributed by atoms with Crippen LogP contribution in [0.15, 0.2) is 36.7 Å². The Labute approximate surface area is 94.9 Å². The molecule has 0 saturated heterocycles. The SMILES string of the molecule is Nc1ccc(-c2nccn2CC2CC2)cc1. The van der Waals surface area contributed by atoms with Crippen molar-refractivity contribution in [3.05, 3.63) is 36.7 Å². The van der Waals surface area contributed by atoms with E-state index in [9.17, 15) is 0 Å². The van der Waals surface area contributed by atoms with Crippen LogP contribution in [0.3, 0.4) is 0 Å². The summed E-state index contributed by atoms with van der Waals surface area (Å²) in [7, 11) is 0. The van der Waals surface area contributed by atoms with Crippen LogP contribution in [0.4, 0.5) is 5.69 Å². The minimum Gasteiger partial charge on any atom is -0.399 e. The summed E-state index contributed by atoms with van der Waals surface area (Å²) < 4.78 is 2.24. The smallest absolute Gasteiger partial charge is 0.139 e. The summed E-state index contributed by atoms with van der Waals surface area (Å²) in [5.41, 5.74) is 7.62. The Bertz CT molecular complexity index is 480. The predicted octanol–water partition coefficient (Wildman–Crippen LogP) is 2.54. The molecule has 0 atom stereocenters. The highest BCUT2D eigenvalue weighted by Crippen LogP contribution is 2.32. The molecular weight excluding hydrogens is 198 g/mol. The van der Waals surface area contributed by atoms with Crippen molar-refractivity contribution in [2.45, 2.75) is 19.4 Å². The van der Waals surface area contributed by atoms with Crippen LogP contribution in [0.2, 0.25) is 0 Å². The minimum atomic E-state index is 0.795. The molecule has 2 N–H and O–H groups in total. The molecule has 1 aromatic carbocycles. The Morgan fingerprint density at radius 1 is 1.25 bits per heavy atom. The number of hydrogen-bond acceptors (Lipinski definition) is 2. The van der Waals surface area contributed by atoms with Gasteiger partial charge in [-0.3, -0.25) is 0 Å². The molecule has 3 rings (SSSR count). The molecule has 2 aromatic rings. The van der Waals surface area contributed by atoms with Crippen molar-refractivity contribution in [2.24, 2.45) is 5.92 Å². The summed E-state index contributed by atoms with van der Waals surface area (Å²) >= 11 is 0. The average molecular weight is 213 g/mol. The quantitative estimate of drug-likeness (QED) is 0.796. The maximum atomic E-state index is 5.68. The Balaban J connectivity index is 1.92. The van der Waals surface area contributed by atoms with Crippen LogP contribution in [-0.2, 0) is 6.54 Å². The topological polar surface area (TPSA) is 43.8 Å². The van der Waals surface area contributed by atoms with Gasteiger partial charge >= 0.3 is 0 Å². The number of benzene rings is 1. The zero-order chi connectivity index (χ0) is 11.0. The Hall–Kier alpha value is -1.77. The van der Waals surface area contributed by atoms with Crippen molar-refractivity contribution < 1.29 is 0 Å². The van der Waals surface area contributed by atoms with E-state index in [-0.39, 0.29) is 0 Å². The largest absolute Gasteiger partial charge is 0.399 e. The summed E-state index contributed by atoms with van der Waals surface area (Å²) in [4.78, 5) is 4.42. The van der Waals surface area contributed by atoms with E-state index in [0.29, 0.717) is 0 Å². The molecule has 3 heteroatoms. The second kappa shape index (κ2) is 3.67. The molecule has 1 aliphatic carbocycles. The number of aromatic nitrogens is 2. The van der Waals surface area contributed by atoms with E-state index in [1.54, 1.807) is 0 Å². The molecule has 16 heavy (non-hydrogen) atoms. The number of rotatable bonds is 3. The molecule has 0 aliphatic heterocycles. The van der Waals surface area contributed by atoms with Gasteiger partial charge in [0.1, 0.15) is 5.82 Å². The first kappa shape index (κ1) is 9.46. The molecule has 1 aliphatic rings. The maximum Gasteiger partial charge on any atom is 0.139 e. The van der Waals surface area contributed by atoms with Gasteiger partial charge in [-0.1, -0.05) is 0 Å². The zero-order valence-corrected chi connectivity index (χ0v) is 9.13. The molecule has 1 fully saturated rings. The second-order valence-electron chi connectivity index (χ2n) is 4.47. The number of nitrogens with zero attached hydrogens (tertiary/aromatic N) is 2. The molecule has 0 spiro atoms. The van der Waals surface area contributed by atoms with Crippen LogP contribution in [0.1, 0.15) is 12.8 Å². The lowest BCUT2D eigenvalue weighted by Gasteiger charge is -2.06. The highest BCUT2D eigenvalue weighted by atomic mass is 15.1. The first-order valence-electron chi connectivity index (χ1n) is 5.70. The lowest BCUT2D eigenvalue weighted by Crippen LogP contribution is -2.01. The fraction of sp³-hybridized carbons (Fsp3) is 0.308. The third-order valence-corrected chi connectivity index (χ3v) is 3.04. The summed E-state index contributed by atoms with van der Waals surface area (Å²) in [5.74, 6) is 1.91. The van der Waals surface area contributed by atoms with Gasteiger partial charge in [0.05, 0.1) is 0 Å². The van der Waals surface area contributed by atoms with Gasteiger partial charge in [-0.05, 0) is 43.0 Å². The molecule has 3 nitrogen and oxygen atoms in total. The molecule has 1 heterocycles. The summed E-state index contributed by atoms with van der Waals surface area (Å²) in [6.45, 7) is 1.10. The van der Waals surface area contributed by atoms with Crippen molar-refractivity contribution in [1.82, 2.24) is 9.55 Å². The standard InChI is InChI=1S/C13H15N3/c14-12-5-3-11(4-6-12)13-15-7-8-16(13)9-10-1-2-10/h3-8,10H,1-2,9,14H2. The summed E-state index contributed by atoms with van der Waals surface area (Å²) in [6.07, 6.45) is 6.65. The zero-order valence-electron chi connectivity index (χ0n) is 9.13. The van der Waals surface area contributed by atoms with Gasteiger partial charge in [-0.25, -0.2) is 4.98 Å². The number of hydrogen-bond donors (Lipinski definition) is 1. The predicted molar refractivity (Wildman–Crippen MR) is 64.8 cm³/mol. The lowest BCUT2D eigenvalue weighted by atomic mass is 10.2. The first-order valence-corrected chi connectivity index (χ1v) is 5.70. The Morgan fingerprint density at radius 3 is 2.69 bits per heavy atom. The summed E-state index contributed by atoms with van der Waals surface area (Å²) in [6, 6.07) is 7.90. The Morgan fingerprint density at radius 2 is 2.00 bits per heavy atom. The third-order valence-electron chi connectivity index (χ3n) is 3.04. The van der Waals surface area contributed by atoms with E-state index in [1.165, 1.54) is 12.8 Å². The monoisotopic (exact) mass is 213 g/mol. The molecule has 0 radical (unpaired) electrons. The van der Waals surface area contributed by atoms with Crippen molar-refractivity contribution in [3.63, 3.8) is 0 Å². The molecule has 1 aromatic heterocycles. The van der Waals surface area contributed by atoms with Crippen LogP contribution in [-0.4, -0.2) is 9.55 Å². The first-order chi connectivity index (χ1) is 7.83. The van der Waals surface area contributed by atoms with E-state index < -0.39 is 0 Å². The summed E-state index contributed by atoms with van der Waals surface area (Å²) in [5, 5.41) is 0. The van der Waals surface area contributed by atoms with Crippen LogP contribution in [0, 0.1) is 5.92 Å². The van der Waals surface area contributed by atoms with Gasteiger partial charge in [0.2, 0.25) is 0 Å². The molecule has 82 valence electrons. The van der Waals surface area contributed by atoms with Gasteiger partial charge in [0, 0.05) is 30.2 Å². The van der Waals surface area contributed by atoms with Crippen LogP contribution in [0.25, 0.3) is 11.4 Å². The van der Waals surface area contributed by atoms with E-state index in [0.717, 1.165) is 29.5 Å². The third kappa shape index (κ3) is 1.81. The number of nitrogens with two attached hydrogens (primary N) is 1. The fourth-order valence-electron chi connectivity index (χ4n) is 1.93. The fourth-order valence-corrected chi connectivity index (χ4v) is 1.93. The van der Waals surface area contributed by atoms with Crippen molar-refractivity contribution in [2.75, 3.05) is 5.73 Å². The van der Waals surface area contributed by atoms with Crippen LogP contribution < -0.4 is 5.73 Å². The van der Waals surface area contributed by atoms with Gasteiger partial charge < -0.3 is 10.3 Å². The van der Waals surface area contributed by atoms with Crippen molar-refractivity contribution in [3.8, 4) is 11.4 Å². The van der Waals surface area contributed by atoms with E-state index in [4.69, 9.17) is 5.73 Å². The Kier molecular flexibility index (Phi) is 2.17. The molecule has 0 amide bonds. The molecular formula is C13H15N3. The highest BCUT2D eigenvalue weighted by Gasteiger charge is 2.22. The molecule has 1 saturated carbocycles. The maximum absolute atomic E-state index is 5.68. The lowest BCUT2D eigenvalue weighted by molar-refractivity contribution is 0.632. The highest BCUT2D eigenvalue weighted by molar-refractivity contribution is 5.59. The normalized spacial score (nSPS) is 15.2. The van der Waals surface area contributed by atoms with Crippen molar-refractivity contribution >= 4 is 5.69 Å². The van der Waals surface area contributed by atoms with E-state index >= 15 is 0 Å². The number of anilines is 1. The van der Waals surface area contributed by atoms with E-state index in [2.05, 4.69) is 15.7 Å². The van der Waals surface area contributed by atoms with Gasteiger partial charge in [0.25, 0.3) is 0 Å². The van der Waals surface area contributed by atoms with Crippen LogP contribution in [0.5, 0.6) is 0 Å². The second-order valence-corrected chi connectivity index (χ2v) is 4.47. The van der Waals surface area contributed by atoms with Gasteiger partial charge in [0.15, 0.2) is 0 Å². The van der Waals surface area contributed by atoms with Crippen molar-refractivity contribution in [1.29, 1.82) is 0 Å². The molecule has 0 unspecified atom stereocenters.